The van der Waals surface area contributed by atoms with E-state index in [2.05, 4.69) is 20.1 Å². The SMILES string of the molecule is COc1cccc(C(=O)N2CCC[C@H]2c2[nH]ncc2-c2ccnc(N3CCCC3)n2)c1. The standard InChI is InChI=1S/C23H26N6O2/c1-31-17-7-4-6-16(14-17)22(30)29-13-5-8-20(29)21-18(15-25-27-21)19-9-10-24-23(26-19)28-11-2-3-12-28/h4,6-7,9-10,14-15,20H,2-3,5,8,11-13H2,1H3,(H,25,27)/t20-/m0/s1. The zero-order valence-electron chi connectivity index (χ0n) is 17.6. The fourth-order valence-electron chi connectivity index (χ4n) is 4.55. The van der Waals surface area contributed by atoms with E-state index in [0.717, 1.165) is 48.8 Å². The van der Waals surface area contributed by atoms with E-state index >= 15 is 0 Å². The van der Waals surface area contributed by atoms with Crippen LogP contribution in [0.2, 0.25) is 0 Å². The monoisotopic (exact) mass is 418 g/mol. The maximum atomic E-state index is 13.3. The number of H-pyrrole nitrogens is 1. The molecule has 160 valence electrons. The lowest BCUT2D eigenvalue weighted by molar-refractivity contribution is 0.0733. The van der Waals surface area contributed by atoms with E-state index in [1.165, 1.54) is 12.8 Å². The molecule has 1 aromatic carbocycles. The molecule has 0 unspecified atom stereocenters. The second-order valence-corrected chi connectivity index (χ2v) is 8.02. The molecule has 1 amide bonds. The highest BCUT2D eigenvalue weighted by molar-refractivity contribution is 5.95. The summed E-state index contributed by atoms with van der Waals surface area (Å²) >= 11 is 0. The summed E-state index contributed by atoms with van der Waals surface area (Å²) in [5, 5.41) is 7.46. The van der Waals surface area contributed by atoms with E-state index in [-0.39, 0.29) is 11.9 Å². The van der Waals surface area contributed by atoms with Crippen molar-refractivity contribution in [2.75, 3.05) is 31.6 Å². The molecule has 2 saturated heterocycles. The second-order valence-electron chi connectivity index (χ2n) is 8.02. The van der Waals surface area contributed by atoms with Gasteiger partial charge in [0.2, 0.25) is 5.95 Å². The second kappa shape index (κ2) is 8.37. The van der Waals surface area contributed by atoms with Crippen LogP contribution in [-0.4, -0.2) is 57.7 Å². The largest absolute Gasteiger partial charge is 0.497 e. The maximum absolute atomic E-state index is 13.3. The minimum atomic E-state index is -0.0681. The van der Waals surface area contributed by atoms with Gasteiger partial charge in [0, 0.05) is 37.0 Å². The number of carbonyl (C=O) groups is 1. The van der Waals surface area contributed by atoms with Gasteiger partial charge in [0.15, 0.2) is 0 Å². The van der Waals surface area contributed by atoms with Crippen LogP contribution in [0, 0.1) is 0 Å². The molecule has 3 aromatic rings. The number of methoxy groups -OCH3 is 1. The third kappa shape index (κ3) is 3.73. The zero-order valence-corrected chi connectivity index (χ0v) is 17.6. The molecule has 2 aliphatic heterocycles. The summed E-state index contributed by atoms with van der Waals surface area (Å²) in [5.74, 6) is 1.44. The molecule has 1 N–H and O–H groups in total. The minimum Gasteiger partial charge on any atom is -0.497 e. The van der Waals surface area contributed by atoms with Crippen molar-refractivity contribution in [2.45, 2.75) is 31.7 Å². The Bertz CT molecular complexity index is 1080. The van der Waals surface area contributed by atoms with E-state index in [1.54, 1.807) is 25.6 Å². The third-order valence-corrected chi connectivity index (χ3v) is 6.14. The summed E-state index contributed by atoms with van der Waals surface area (Å²) in [7, 11) is 1.61. The van der Waals surface area contributed by atoms with Crippen LogP contribution in [-0.2, 0) is 0 Å². The lowest BCUT2D eigenvalue weighted by atomic mass is 10.0. The lowest BCUT2D eigenvalue weighted by Crippen LogP contribution is -2.31. The summed E-state index contributed by atoms with van der Waals surface area (Å²) in [6.45, 7) is 2.70. The Kier molecular flexibility index (Phi) is 5.28. The number of aromatic amines is 1. The van der Waals surface area contributed by atoms with Crippen molar-refractivity contribution >= 4 is 11.9 Å². The van der Waals surface area contributed by atoms with Gasteiger partial charge in [-0.3, -0.25) is 9.89 Å². The number of hydrogen-bond acceptors (Lipinski definition) is 6. The molecule has 0 bridgehead atoms. The summed E-state index contributed by atoms with van der Waals surface area (Å²) in [5.41, 5.74) is 3.32. The number of likely N-dealkylation sites (tertiary alicyclic amines) is 1. The number of nitrogens with zero attached hydrogens (tertiary/aromatic N) is 5. The van der Waals surface area contributed by atoms with Crippen LogP contribution < -0.4 is 9.64 Å². The number of benzene rings is 1. The summed E-state index contributed by atoms with van der Waals surface area (Å²) in [4.78, 5) is 26.7. The van der Waals surface area contributed by atoms with Gasteiger partial charge >= 0.3 is 0 Å². The molecule has 0 saturated carbocycles. The molecule has 5 rings (SSSR count). The molecule has 4 heterocycles. The van der Waals surface area contributed by atoms with Crippen LogP contribution in [0.25, 0.3) is 11.3 Å². The molecular weight excluding hydrogens is 392 g/mol. The highest BCUT2D eigenvalue weighted by Gasteiger charge is 2.34. The fraction of sp³-hybridized carbons (Fsp3) is 0.391. The van der Waals surface area contributed by atoms with Gasteiger partial charge in [-0.25, -0.2) is 9.97 Å². The molecule has 2 aromatic heterocycles. The first-order valence-electron chi connectivity index (χ1n) is 10.8. The third-order valence-electron chi connectivity index (χ3n) is 6.14. The van der Waals surface area contributed by atoms with Crippen LogP contribution in [0.4, 0.5) is 5.95 Å². The van der Waals surface area contributed by atoms with E-state index in [4.69, 9.17) is 9.72 Å². The first-order valence-corrected chi connectivity index (χ1v) is 10.8. The van der Waals surface area contributed by atoms with Crippen LogP contribution >= 0.6 is 0 Å². The van der Waals surface area contributed by atoms with Gasteiger partial charge < -0.3 is 14.5 Å². The summed E-state index contributed by atoms with van der Waals surface area (Å²) in [6, 6.07) is 9.16. The van der Waals surface area contributed by atoms with Crippen LogP contribution in [0.1, 0.15) is 47.8 Å². The Labute approximate surface area is 181 Å². The van der Waals surface area contributed by atoms with Gasteiger partial charge in [-0.05, 0) is 49.9 Å². The zero-order chi connectivity index (χ0) is 21.2. The molecule has 0 radical (unpaired) electrons. The molecule has 31 heavy (non-hydrogen) atoms. The van der Waals surface area contributed by atoms with Crippen molar-refractivity contribution in [3.05, 3.63) is 54.0 Å². The lowest BCUT2D eigenvalue weighted by Gasteiger charge is -2.25. The molecule has 2 fully saturated rings. The number of carbonyl (C=O) groups excluding carboxylic acids is 1. The number of hydrogen-bond donors (Lipinski definition) is 1. The average Bonchev–Trinajstić information content (AvgIpc) is 3.59. The Morgan fingerprint density at radius 2 is 2.03 bits per heavy atom. The molecule has 0 aliphatic carbocycles. The number of nitrogens with one attached hydrogen (secondary N) is 1. The normalized spacial score (nSPS) is 18.5. The predicted molar refractivity (Wildman–Crippen MR) is 117 cm³/mol. The summed E-state index contributed by atoms with van der Waals surface area (Å²) in [6.07, 6.45) is 7.79. The van der Waals surface area contributed by atoms with Gasteiger partial charge in [-0.1, -0.05) is 6.07 Å². The van der Waals surface area contributed by atoms with Crippen molar-refractivity contribution < 1.29 is 9.53 Å². The molecule has 0 spiro atoms. The van der Waals surface area contributed by atoms with E-state index < -0.39 is 0 Å². The number of amides is 1. The Hall–Kier alpha value is -3.42. The molecule has 2 aliphatic rings. The quantitative estimate of drug-likeness (QED) is 0.683. The molecule has 1 atom stereocenters. The maximum Gasteiger partial charge on any atom is 0.254 e. The molecule has 8 nitrogen and oxygen atoms in total. The highest BCUT2D eigenvalue weighted by atomic mass is 16.5. The van der Waals surface area contributed by atoms with Gasteiger partial charge in [-0.2, -0.15) is 5.10 Å². The first kappa shape index (κ1) is 19.5. The number of rotatable bonds is 5. The molecule has 8 heteroatoms. The summed E-state index contributed by atoms with van der Waals surface area (Å²) < 4.78 is 5.29. The van der Waals surface area contributed by atoms with Gasteiger partial charge in [0.1, 0.15) is 5.75 Å². The Morgan fingerprint density at radius 3 is 2.87 bits per heavy atom. The van der Waals surface area contributed by atoms with Crippen LogP contribution in [0.15, 0.2) is 42.7 Å². The van der Waals surface area contributed by atoms with Gasteiger partial charge in [0.25, 0.3) is 5.91 Å². The number of anilines is 1. The van der Waals surface area contributed by atoms with Crippen molar-refractivity contribution in [3.8, 4) is 17.0 Å². The number of ether oxygens (including phenoxy) is 1. The Balaban J connectivity index is 1.44. The van der Waals surface area contributed by atoms with E-state index in [1.807, 2.05) is 29.2 Å². The molecular formula is C23H26N6O2. The number of aromatic nitrogens is 4. The fourth-order valence-corrected chi connectivity index (χ4v) is 4.55. The average molecular weight is 419 g/mol. The van der Waals surface area contributed by atoms with Crippen molar-refractivity contribution in [2.24, 2.45) is 0 Å². The Morgan fingerprint density at radius 1 is 1.16 bits per heavy atom. The predicted octanol–water partition coefficient (Wildman–Crippen LogP) is 3.45. The topological polar surface area (TPSA) is 87.2 Å². The van der Waals surface area contributed by atoms with Gasteiger partial charge in [0.05, 0.1) is 30.7 Å². The van der Waals surface area contributed by atoms with Gasteiger partial charge in [-0.15, -0.1) is 0 Å². The van der Waals surface area contributed by atoms with Crippen molar-refractivity contribution in [1.82, 2.24) is 25.1 Å². The van der Waals surface area contributed by atoms with E-state index in [0.29, 0.717) is 17.9 Å². The smallest absolute Gasteiger partial charge is 0.254 e. The highest BCUT2D eigenvalue weighted by Crippen LogP contribution is 2.37. The van der Waals surface area contributed by atoms with E-state index in [9.17, 15) is 4.79 Å². The first-order chi connectivity index (χ1) is 15.2. The minimum absolute atomic E-state index is 0.00222. The van der Waals surface area contributed by atoms with Crippen LogP contribution in [0.3, 0.4) is 0 Å². The van der Waals surface area contributed by atoms with Crippen LogP contribution in [0.5, 0.6) is 5.75 Å². The van der Waals surface area contributed by atoms with Crippen molar-refractivity contribution in [1.29, 1.82) is 0 Å². The van der Waals surface area contributed by atoms with Crippen molar-refractivity contribution in [3.63, 3.8) is 0 Å².